The molecule has 0 unspecified atom stereocenters. The van der Waals surface area contributed by atoms with Crippen LogP contribution in [0.4, 0.5) is 21.9 Å². The smallest absolute Gasteiger partial charge is 0.333 e. The molecule has 2 rings (SSSR count). The molecule has 3 N–H and O–H groups in total. The fourth-order valence-electron chi connectivity index (χ4n) is 1.82. The predicted molar refractivity (Wildman–Crippen MR) is 84.5 cm³/mol. The number of nitrogens with one attached hydrogen (secondary N) is 1. The summed E-state index contributed by atoms with van der Waals surface area (Å²) in [6.45, 7) is 1.31. The number of benzene rings is 2. The molecule has 0 aliphatic carbocycles. The van der Waals surface area contributed by atoms with Crippen LogP contribution < -0.4 is 16.0 Å². The maximum atomic E-state index is 12.3. The fourth-order valence-corrected chi connectivity index (χ4v) is 1.94. The van der Waals surface area contributed by atoms with E-state index >= 15 is 0 Å². The molecule has 0 aliphatic heterocycles. The topological polar surface area (TPSA) is 75.4 Å². The van der Waals surface area contributed by atoms with E-state index in [0.29, 0.717) is 22.1 Å². The SMILES string of the molecule is CC(=O)N(C(=O)Nc1ccc(Cl)cc1)c1cccc(N)c1. The van der Waals surface area contributed by atoms with Crippen LogP contribution in [0.5, 0.6) is 0 Å². The van der Waals surface area contributed by atoms with Crippen LogP contribution in [0.25, 0.3) is 0 Å². The number of amides is 3. The molecule has 2 aromatic rings. The van der Waals surface area contributed by atoms with Crippen molar-refractivity contribution in [1.29, 1.82) is 0 Å². The Kier molecular flexibility index (Phi) is 4.45. The molecule has 0 spiro atoms. The van der Waals surface area contributed by atoms with E-state index in [2.05, 4.69) is 5.32 Å². The highest BCUT2D eigenvalue weighted by Crippen LogP contribution is 2.20. The predicted octanol–water partition coefficient (Wildman–Crippen LogP) is 3.51. The quantitative estimate of drug-likeness (QED) is 0.834. The second-order valence-corrected chi connectivity index (χ2v) is 4.82. The van der Waals surface area contributed by atoms with Crippen molar-refractivity contribution < 1.29 is 9.59 Å². The Morgan fingerprint density at radius 1 is 1.14 bits per heavy atom. The summed E-state index contributed by atoms with van der Waals surface area (Å²) in [5.74, 6) is -0.410. The summed E-state index contributed by atoms with van der Waals surface area (Å²) in [6.07, 6.45) is 0. The van der Waals surface area contributed by atoms with Gasteiger partial charge in [0, 0.05) is 23.3 Å². The monoisotopic (exact) mass is 303 g/mol. The van der Waals surface area contributed by atoms with E-state index in [1.54, 1.807) is 48.5 Å². The van der Waals surface area contributed by atoms with Gasteiger partial charge >= 0.3 is 6.03 Å². The molecule has 0 heterocycles. The van der Waals surface area contributed by atoms with Crippen LogP contribution in [0.1, 0.15) is 6.92 Å². The second-order valence-electron chi connectivity index (χ2n) is 4.39. The molecule has 0 atom stereocenters. The van der Waals surface area contributed by atoms with Gasteiger partial charge < -0.3 is 11.1 Å². The number of rotatable bonds is 2. The van der Waals surface area contributed by atoms with Crippen LogP contribution in [0.2, 0.25) is 5.02 Å². The number of imide groups is 1. The van der Waals surface area contributed by atoms with E-state index in [0.717, 1.165) is 4.90 Å². The van der Waals surface area contributed by atoms with Gasteiger partial charge in [-0.1, -0.05) is 17.7 Å². The molecule has 0 bridgehead atoms. The Labute approximate surface area is 127 Å². The number of hydrogen-bond donors (Lipinski definition) is 2. The molecular weight excluding hydrogens is 290 g/mol. The van der Waals surface area contributed by atoms with Gasteiger partial charge in [0.25, 0.3) is 0 Å². The lowest BCUT2D eigenvalue weighted by molar-refractivity contribution is -0.115. The normalized spacial score (nSPS) is 10.0. The molecule has 21 heavy (non-hydrogen) atoms. The van der Waals surface area contributed by atoms with Gasteiger partial charge in [0.05, 0.1) is 5.69 Å². The van der Waals surface area contributed by atoms with Crippen molar-refractivity contribution in [2.45, 2.75) is 6.92 Å². The van der Waals surface area contributed by atoms with Crippen molar-refractivity contribution >= 4 is 40.6 Å². The van der Waals surface area contributed by atoms with Gasteiger partial charge in [0.15, 0.2) is 0 Å². The number of anilines is 3. The molecule has 0 saturated carbocycles. The van der Waals surface area contributed by atoms with Crippen molar-refractivity contribution in [3.63, 3.8) is 0 Å². The number of nitrogens with two attached hydrogens (primary N) is 1. The summed E-state index contributed by atoms with van der Waals surface area (Å²) < 4.78 is 0. The standard InChI is InChI=1S/C15H14ClN3O2/c1-10(20)19(14-4-2-3-12(17)9-14)15(21)18-13-7-5-11(16)6-8-13/h2-9H,17H2,1H3,(H,18,21). The number of nitrogens with zero attached hydrogens (tertiary/aromatic N) is 1. The maximum absolute atomic E-state index is 12.3. The molecule has 6 heteroatoms. The minimum atomic E-state index is -0.560. The lowest BCUT2D eigenvalue weighted by Gasteiger charge is -2.20. The van der Waals surface area contributed by atoms with Gasteiger partial charge in [-0.25, -0.2) is 9.69 Å². The van der Waals surface area contributed by atoms with E-state index < -0.39 is 11.9 Å². The van der Waals surface area contributed by atoms with Crippen LogP contribution in [0.3, 0.4) is 0 Å². The Balaban J connectivity index is 2.24. The Morgan fingerprint density at radius 3 is 2.38 bits per heavy atom. The molecule has 5 nitrogen and oxygen atoms in total. The van der Waals surface area contributed by atoms with Gasteiger partial charge in [-0.15, -0.1) is 0 Å². The first kappa shape index (κ1) is 14.9. The van der Waals surface area contributed by atoms with Crippen molar-refractivity contribution in [3.05, 3.63) is 53.6 Å². The Hall–Kier alpha value is -2.53. The molecule has 108 valence electrons. The molecule has 3 amide bonds. The van der Waals surface area contributed by atoms with E-state index in [1.165, 1.54) is 6.92 Å². The molecule has 0 saturated heterocycles. The minimum absolute atomic E-state index is 0.410. The lowest BCUT2D eigenvalue weighted by Crippen LogP contribution is -2.38. The third-order valence-corrected chi connectivity index (χ3v) is 2.99. The average molecular weight is 304 g/mol. The van der Waals surface area contributed by atoms with Crippen LogP contribution in [-0.2, 0) is 4.79 Å². The molecule has 2 aromatic carbocycles. The zero-order valence-corrected chi connectivity index (χ0v) is 12.1. The summed E-state index contributed by atoms with van der Waals surface area (Å²) in [4.78, 5) is 25.0. The second kappa shape index (κ2) is 6.28. The minimum Gasteiger partial charge on any atom is -0.399 e. The van der Waals surface area contributed by atoms with Gasteiger partial charge in [0.2, 0.25) is 5.91 Å². The van der Waals surface area contributed by atoms with Gasteiger partial charge in [-0.3, -0.25) is 4.79 Å². The van der Waals surface area contributed by atoms with E-state index in [9.17, 15) is 9.59 Å². The van der Waals surface area contributed by atoms with E-state index in [4.69, 9.17) is 17.3 Å². The largest absolute Gasteiger partial charge is 0.399 e. The van der Waals surface area contributed by atoms with Crippen molar-refractivity contribution in [2.75, 3.05) is 16.0 Å². The van der Waals surface area contributed by atoms with Crippen LogP contribution >= 0.6 is 11.6 Å². The fraction of sp³-hybridized carbons (Fsp3) is 0.0667. The van der Waals surface area contributed by atoms with Crippen LogP contribution in [0, 0.1) is 0 Å². The summed E-state index contributed by atoms with van der Waals surface area (Å²) in [6, 6.07) is 12.6. The highest BCUT2D eigenvalue weighted by Gasteiger charge is 2.20. The number of halogens is 1. The van der Waals surface area contributed by atoms with Gasteiger partial charge in [-0.05, 0) is 42.5 Å². The number of urea groups is 1. The first-order valence-corrected chi connectivity index (χ1v) is 6.58. The first-order chi connectivity index (χ1) is 9.97. The van der Waals surface area contributed by atoms with Crippen molar-refractivity contribution in [2.24, 2.45) is 0 Å². The summed E-state index contributed by atoms with van der Waals surface area (Å²) in [5.41, 5.74) is 7.10. The summed E-state index contributed by atoms with van der Waals surface area (Å²) >= 11 is 5.78. The van der Waals surface area contributed by atoms with E-state index in [1.807, 2.05) is 0 Å². The number of nitrogen functional groups attached to an aromatic ring is 1. The zero-order valence-electron chi connectivity index (χ0n) is 11.3. The molecular formula is C15H14ClN3O2. The van der Waals surface area contributed by atoms with E-state index in [-0.39, 0.29) is 0 Å². The zero-order chi connectivity index (χ0) is 15.4. The highest BCUT2D eigenvalue weighted by atomic mass is 35.5. The van der Waals surface area contributed by atoms with Crippen LogP contribution in [-0.4, -0.2) is 11.9 Å². The Morgan fingerprint density at radius 2 is 1.81 bits per heavy atom. The average Bonchev–Trinajstić information content (AvgIpc) is 2.41. The maximum Gasteiger partial charge on any atom is 0.333 e. The first-order valence-electron chi connectivity index (χ1n) is 6.20. The van der Waals surface area contributed by atoms with Gasteiger partial charge in [-0.2, -0.15) is 0 Å². The van der Waals surface area contributed by atoms with Crippen molar-refractivity contribution in [1.82, 2.24) is 0 Å². The van der Waals surface area contributed by atoms with Crippen molar-refractivity contribution in [3.8, 4) is 0 Å². The van der Waals surface area contributed by atoms with Gasteiger partial charge in [0.1, 0.15) is 0 Å². The molecule has 0 aliphatic rings. The molecule has 0 aromatic heterocycles. The number of carbonyl (C=O) groups is 2. The lowest BCUT2D eigenvalue weighted by atomic mass is 10.2. The summed E-state index contributed by atoms with van der Waals surface area (Å²) in [5, 5.41) is 3.20. The third-order valence-electron chi connectivity index (χ3n) is 2.74. The Bertz CT molecular complexity index is 671. The third kappa shape index (κ3) is 3.73. The number of carbonyl (C=O) groups excluding carboxylic acids is 2. The number of hydrogen-bond acceptors (Lipinski definition) is 3. The summed E-state index contributed by atoms with van der Waals surface area (Å²) in [7, 11) is 0. The highest BCUT2D eigenvalue weighted by molar-refractivity contribution is 6.30. The van der Waals surface area contributed by atoms with Crippen LogP contribution in [0.15, 0.2) is 48.5 Å². The molecule has 0 fully saturated rings. The molecule has 0 radical (unpaired) electrons.